The molecule has 0 aromatic heterocycles. The minimum atomic E-state index is -0.195. The first kappa shape index (κ1) is 20.2. The summed E-state index contributed by atoms with van der Waals surface area (Å²) in [6.45, 7) is 3.64. The van der Waals surface area contributed by atoms with Crippen molar-refractivity contribution in [1.29, 1.82) is 0 Å². The molecule has 0 spiro atoms. The van der Waals surface area contributed by atoms with Crippen molar-refractivity contribution >= 4 is 29.1 Å². The molecule has 1 heterocycles. The van der Waals surface area contributed by atoms with Crippen LogP contribution in [-0.2, 0) is 20.9 Å². The van der Waals surface area contributed by atoms with Gasteiger partial charge < -0.3 is 25.0 Å². The summed E-state index contributed by atoms with van der Waals surface area (Å²) in [4.78, 5) is 37.1. The minimum Gasteiger partial charge on any atom is -0.454 e. The number of fused-ring (bicyclic) bond motifs is 1. The molecule has 8 nitrogen and oxygen atoms in total. The monoisotopic (exact) mass is 397 g/mol. The van der Waals surface area contributed by atoms with Gasteiger partial charge in [-0.1, -0.05) is 12.1 Å². The molecule has 3 amide bonds. The topological polar surface area (TPSA) is 97.0 Å². The number of hydrogen-bond donors (Lipinski definition) is 2. The summed E-state index contributed by atoms with van der Waals surface area (Å²) in [6.07, 6.45) is 0.147. The van der Waals surface area contributed by atoms with Gasteiger partial charge in [-0.05, 0) is 35.9 Å². The smallest absolute Gasteiger partial charge is 0.231 e. The van der Waals surface area contributed by atoms with Crippen LogP contribution in [0.15, 0.2) is 42.5 Å². The molecule has 0 aliphatic carbocycles. The van der Waals surface area contributed by atoms with Crippen LogP contribution < -0.4 is 25.0 Å². The number of amides is 3. The zero-order valence-corrected chi connectivity index (χ0v) is 16.4. The number of nitrogens with zero attached hydrogens (tertiary/aromatic N) is 1. The first-order valence-electron chi connectivity index (χ1n) is 9.23. The van der Waals surface area contributed by atoms with Crippen molar-refractivity contribution < 1.29 is 23.9 Å². The standard InChI is InChI=1S/C21H23N3O5/c1-14(25)23-17-4-3-5-18(11-17)24(15(2)26)9-8-21(27)22-12-16-6-7-19-20(10-16)29-13-28-19/h3-7,10-11H,8-9,12-13H2,1-2H3,(H,22,27)(H,23,25). The van der Waals surface area contributed by atoms with Gasteiger partial charge in [0.15, 0.2) is 11.5 Å². The summed E-state index contributed by atoms with van der Waals surface area (Å²) >= 11 is 0. The van der Waals surface area contributed by atoms with Crippen molar-refractivity contribution in [2.45, 2.75) is 26.8 Å². The fourth-order valence-electron chi connectivity index (χ4n) is 2.98. The predicted octanol–water partition coefficient (Wildman–Crippen LogP) is 2.43. The maximum atomic E-state index is 12.3. The van der Waals surface area contributed by atoms with E-state index in [0.717, 1.165) is 5.56 Å². The van der Waals surface area contributed by atoms with E-state index in [1.807, 2.05) is 18.2 Å². The van der Waals surface area contributed by atoms with Gasteiger partial charge in [0, 0.05) is 44.7 Å². The molecule has 0 atom stereocenters. The molecule has 8 heteroatoms. The number of benzene rings is 2. The van der Waals surface area contributed by atoms with E-state index in [4.69, 9.17) is 9.47 Å². The van der Waals surface area contributed by atoms with Gasteiger partial charge in [0.2, 0.25) is 24.5 Å². The van der Waals surface area contributed by atoms with E-state index in [1.165, 1.54) is 18.7 Å². The van der Waals surface area contributed by atoms with E-state index < -0.39 is 0 Å². The minimum absolute atomic E-state index is 0.147. The summed E-state index contributed by atoms with van der Waals surface area (Å²) < 4.78 is 10.6. The van der Waals surface area contributed by atoms with Crippen LogP contribution in [0.2, 0.25) is 0 Å². The molecule has 1 aliphatic rings. The summed E-state index contributed by atoms with van der Waals surface area (Å²) in [7, 11) is 0. The van der Waals surface area contributed by atoms with E-state index in [1.54, 1.807) is 24.3 Å². The lowest BCUT2D eigenvalue weighted by atomic mass is 10.2. The molecule has 3 rings (SSSR count). The quantitative estimate of drug-likeness (QED) is 0.748. The highest BCUT2D eigenvalue weighted by atomic mass is 16.7. The highest BCUT2D eigenvalue weighted by molar-refractivity contribution is 5.94. The van der Waals surface area contributed by atoms with Crippen LogP contribution >= 0.6 is 0 Å². The fraction of sp³-hybridized carbons (Fsp3) is 0.286. The number of rotatable bonds is 7. The SMILES string of the molecule is CC(=O)Nc1cccc(N(CCC(=O)NCc2ccc3c(c2)OCO3)C(C)=O)c1. The number of nitrogens with one attached hydrogen (secondary N) is 2. The predicted molar refractivity (Wildman–Crippen MR) is 108 cm³/mol. The first-order chi connectivity index (χ1) is 13.9. The number of carbonyl (C=O) groups excluding carboxylic acids is 3. The van der Waals surface area contributed by atoms with Gasteiger partial charge in [-0.2, -0.15) is 0 Å². The van der Waals surface area contributed by atoms with Crippen molar-refractivity contribution in [3.05, 3.63) is 48.0 Å². The summed E-state index contributed by atoms with van der Waals surface area (Å²) in [5.74, 6) is 0.803. The van der Waals surface area contributed by atoms with Gasteiger partial charge in [-0.3, -0.25) is 14.4 Å². The molecular formula is C21H23N3O5. The maximum absolute atomic E-state index is 12.3. The summed E-state index contributed by atoms with van der Waals surface area (Å²) in [5, 5.41) is 5.53. The number of hydrogen-bond acceptors (Lipinski definition) is 5. The second kappa shape index (κ2) is 9.09. The van der Waals surface area contributed by atoms with Crippen LogP contribution in [0.4, 0.5) is 11.4 Å². The molecule has 0 bridgehead atoms. The molecular weight excluding hydrogens is 374 g/mol. The highest BCUT2D eigenvalue weighted by Crippen LogP contribution is 2.32. The van der Waals surface area contributed by atoms with Gasteiger partial charge in [0.05, 0.1) is 0 Å². The van der Waals surface area contributed by atoms with Gasteiger partial charge in [0.25, 0.3) is 0 Å². The molecule has 0 saturated carbocycles. The zero-order chi connectivity index (χ0) is 20.8. The highest BCUT2D eigenvalue weighted by Gasteiger charge is 2.16. The summed E-state index contributed by atoms with van der Waals surface area (Å²) in [6, 6.07) is 12.5. The number of carbonyl (C=O) groups is 3. The van der Waals surface area contributed by atoms with Gasteiger partial charge in [0.1, 0.15) is 0 Å². The molecule has 1 aliphatic heterocycles. The largest absolute Gasteiger partial charge is 0.454 e. The average molecular weight is 397 g/mol. The van der Waals surface area contributed by atoms with Crippen LogP contribution in [0.1, 0.15) is 25.8 Å². The molecule has 152 valence electrons. The van der Waals surface area contributed by atoms with Crippen molar-refractivity contribution in [2.24, 2.45) is 0 Å². The Balaban J connectivity index is 1.55. The Morgan fingerprint density at radius 1 is 1.03 bits per heavy atom. The maximum Gasteiger partial charge on any atom is 0.231 e. The molecule has 29 heavy (non-hydrogen) atoms. The van der Waals surface area contributed by atoms with Crippen molar-refractivity contribution in [2.75, 3.05) is 23.6 Å². The van der Waals surface area contributed by atoms with Crippen molar-refractivity contribution in [3.63, 3.8) is 0 Å². The molecule has 0 radical (unpaired) electrons. The van der Waals surface area contributed by atoms with E-state index in [0.29, 0.717) is 29.4 Å². The normalized spacial score (nSPS) is 11.7. The second-order valence-electron chi connectivity index (χ2n) is 6.62. The Bertz CT molecular complexity index is 928. The van der Waals surface area contributed by atoms with Crippen LogP contribution in [0.3, 0.4) is 0 Å². The Kier molecular flexibility index (Phi) is 6.33. The second-order valence-corrected chi connectivity index (χ2v) is 6.62. The van der Waals surface area contributed by atoms with Gasteiger partial charge >= 0.3 is 0 Å². The van der Waals surface area contributed by atoms with E-state index in [9.17, 15) is 14.4 Å². The third-order valence-electron chi connectivity index (χ3n) is 4.35. The van der Waals surface area contributed by atoms with E-state index in [-0.39, 0.29) is 37.5 Å². The fourth-order valence-corrected chi connectivity index (χ4v) is 2.98. The van der Waals surface area contributed by atoms with Crippen LogP contribution in [-0.4, -0.2) is 31.1 Å². The lowest BCUT2D eigenvalue weighted by Crippen LogP contribution is -2.33. The third-order valence-corrected chi connectivity index (χ3v) is 4.35. The van der Waals surface area contributed by atoms with Crippen molar-refractivity contribution in [1.82, 2.24) is 5.32 Å². The van der Waals surface area contributed by atoms with E-state index >= 15 is 0 Å². The van der Waals surface area contributed by atoms with Crippen LogP contribution in [0, 0.1) is 0 Å². The van der Waals surface area contributed by atoms with Gasteiger partial charge in [-0.25, -0.2) is 0 Å². The van der Waals surface area contributed by atoms with Crippen molar-refractivity contribution in [3.8, 4) is 11.5 Å². The molecule has 0 saturated heterocycles. The molecule has 0 unspecified atom stereocenters. The molecule has 2 aromatic carbocycles. The zero-order valence-electron chi connectivity index (χ0n) is 16.4. The first-order valence-corrected chi connectivity index (χ1v) is 9.23. The number of anilines is 2. The number of ether oxygens (including phenoxy) is 2. The Morgan fingerprint density at radius 2 is 1.83 bits per heavy atom. The van der Waals surface area contributed by atoms with E-state index in [2.05, 4.69) is 10.6 Å². The lowest BCUT2D eigenvalue weighted by molar-refractivity contribution is -0.121. The third kappa shape index (κ3) is 5.47. The molecule has 0 fully saturated rings. The molecule has 2 aromatic rings. The van der Waals surface area contributed by atoms with Crippen LogP contribution in [0.5, 0.6) is 11.5 Å². The Hall–Kier alpha value is -3.55. The van der Waals surface area contributed by atoms with Crippen LogP contribution in [0.25, 0.3) is 0 Å². The summed E-state index contributed by atoms with van der Waals surface area (Å²) in [5.41, 5.74) is 2.11. The molecule has 2 N–H and O–H groups in total. The average Bonchev–Trinajstić information content (AvgIpc) is 3.14. The van der Waals surface area contributed by atoms with Gasteiger partial charge in [-0.15, -0.1) is 0 Å². The Morgan fingerprint density at radius 3 is 2.59 bits per heavy atom. The Labute approximate surface area is 168 Å². The lowest BCUT2D eigenvalue weighted by Gasteiger charge is -2.21.